The van der Waals surface area contributed by atoms with Gasteiger partial charge in [0.15, 0.2) is 10.8 Å². The highest BCUT2D eigenvalue weighted by Gasteiger charge is 2.21. The highest BCUT2D eigenvalue weighted by atomic mass is 35.5. The van der Waals surface area contributed by atoms with Crippen molar-refractivity contribution in [1.82, 2.24) is 20.4 Å². The van der Waals surface area contributed by atoms with E-state index in [1.807, 2.05) is 18.2 Å². The molecule has 2 heterocycles. The van der Waals surface area contributed by atoms with Gasteiger partial charge in [0.25, 0.3) is 5.91 Å². The first-order valence-electron chi connectivity index (χ1n) is 7.87. The maximum atomic E-state index is 12.2. The van der Waals surface area contributed by atoms with Crippen LogP contribution in [0.1, 0.15) is 27.2 Å². The lowest BCUT2D eigenvalue weighted by atomic mass is 9.94. The highest BCUT2D eigenvalue weighted by molar-refractivity contribution is 6.29. The van der Waals surface area contributed by atoms with Gasteiger partial charge in [-0.1, -0.05) is 36.4 Å². The zero-order valence-corrected chi connectivity index (χ0v) is 14.3. The molecule has 1 N–H and O–H groups in total. The minimum absolute atomic E-state index is 0.0642. The van der Waals surface area contributed by atoms with Crippen molar-refractivity contribution in [2.24, 2.45) is 0 Å². The second kappa shape index (κ2) is 7.44. The molecule has 2 amide bonds. The Morgan fingerprint density at radius 2 is 2.12 bits per heavy atom. The Hall–Kier alpha value is -2.73. The molecule has 0 fully saturated rings. The average Bonchev–Trinajstić information content (AvgIpc) is 2.65. The van der Waals surface area contributed by atoms with Gasteiger partial charge in [0.2, 0.25) is 5.91 Å². The van der Waals surface area contributed by atoms with E-state index in [1.165, 1.54) is 23.8 Å². The van der Waals surface area contributed by atoms with Crippen molar-refractivity contribution in [3.8, 4) is 0 Å². The summed E-state index contributed by atoms with van der Waals surface area (Å²) in [5, 5.41) is 10.5. The van der Waals surface area contributed by atoms with E-state index in [4.69, 9.17) is 11.6 Å². The molecule has 0 spiro atoms. The van der Waals surface area contributed by atoms with E-state index in [0.717, 1.165) is 17.5 Å². The standard InChI is InChI=1S/C18H17ClN4O2/c1-2-17(24)23-9-8-14-12(4-3-5-13(14)11-23)10-20-18(25)15-6-7-16(19)22-21-15/h2-7H,1,8-11H2,(H,20,25). The zero-order valence-electron chi connectivity index (χ0n) is 13.5. The molecule has 1 aromatic carbocycles. The van der Waals surface area contributed by atoms with Gasteiger partial charge >= 0.3 is 0 Å². The van der Waals surface area contributed by atoms with Crippen LogP contribution in [0.3, 0.4) is 0 Å². The summed E-state index contributed by atoms with van der Waals surface area (Å²) in [6, 6.07) is 8.98. The van der Waals surface area contributed by atoms with E-state index in [1.54, 1.807) is 4.90 Å². The second-order valence-corrected chi connectivity index (χ2v) is 6.08. The molecule has 0 saturated carbocycles. The highest BCUT2D eigenvalue weighted by Crippen LogP contribution is 2.23. The normalized spacial score (nSPS) is 13.1. The van der Waals surface area contributed by atoms with Gasteiger partial charge < -0.3 is 10.2 Å². The van der Waals surface area contributed by atoms with Gasteiger partial charge in [-0.3, -0.25) is 9.59 Å². The minimum atomic E-state index is -0.305. The lowest BCUT2D eigenvalue weighted by molar-refractivity contribution is -0.126. The van der Waals surface area contributed by atoms with E-state index in [2.05, 4.69) is 22.1 Å². The predicted octanol–water partition coefficient (Wildman–Crippen LogP) is 2.13. The molecular formula is C18H17ClN4O2. The molecule has 128 valence electrons. The number of amides is 2. The molecule has 2 aromatic rings. The third-order valence-electron chi connectivity index (χ3n) is 4.15. The molecule has 7 heteroatoms. The van der Waals surface area contributed by atoms with Gasteiger partial charge in [-0.25, -0.2) is 0 Å². The Morgan fingerprint density at radius 3 is 2.84 bits per heavy atom. The first-order valence-corrected chi connectivity index (χ1v) is 8.24. The maximum Gasteiger partial charge on any atom is 0.272 e. The lowest BCUT2D eigenvalue weighted by Gasteiger charge is -2.29. The summed E-state index contributed by atoms with van der Waals surface area (Å²) in [5.41, 5.74) is 3.54. The third-order valence-corrected chi connectivity index (χ3v) is 4.35. The van der Waals surface area contributed by atoms with E-state index in [9.17, 15) is 9.59 Å². The van der Waals surface area contributed by atoms with Crippen molar-refractivity contribution < 1.29 is 9.59 Å². The number of hydrogen-bond donors (Lipinski definition) is 1. The summed E-state index contributed by atoms with van der Waals surface area (Å²) in [5.74, 6) is -0.369. The molecule has 3 rings (SSSR count). The molecule has 0 saturated heterocycles. The third kappa shape index (κ3) is 3.85. The molecule has 0 unspecified atom stereocenters. The van der Waals surface area contributed by atoms with Crippen molar-refractivity contribution in [3.05, 3.63) is 70.5 Å². The summed E-state index contributed by atoms with van der Waals surface area (Å²) >= 11 is 5.67. The number of halogens is 1. The van der Waals surface area contributed by atoms with Crippen LogP contribution < -0.4 is 5.32 Å². The molecule has 0 aliphatic carbocycles. The molecule has 1 aromatic heterocycles. The van der Waals surface area contributed by atoms with Crippen LogP contribution in [0.15, 0.2) is 43.0 Å². The summed E-state index contributed by atoms with van der Waals surface area (Å²) in [7, 11) is 0. The quantitative estimate of drug-likeness (QED) is 0.851. The first-order chi connectivity index (χ1) is 12.1. The van der Waals surface area contributed by atoms with Crippen LogP contribution in [-0.2, 0) is 24.3 Å². The number of benzene rings is 1. The fourth-order valence-electron chi connectivity index (χ4n) is 2.87. The second-order valence-electron chi connectivity index (χ2n) is 5.69. The SMILES string of the molecule is C=CC(=O)N1CCc2c(CNC(=O)c3ccc(Cl)nn3)cccc2C1. The topological polar surface area (TPSA) is 75.2 Å². The molecule has 0 bridgehead atoms. The smallest absolute Gasteiger partial charge is 0.272 e. The van der Waals surface area contributed by atoms with E-state index in [-0.39, 0.29) is 22.7 Å². The minimum Gasteiger partial charge on any atom is -0.347 e. The maximum absolute atomic E-state index is 12.2. The van der Waals surface area contributed by atoms with Crippen LogP contribution in [0.25, 0.3) is 0 Å². The largest absolute Gasteiger partial charge is 0.347 e. The van der Waals surface area contributed by atoms with Gasteiger partial charge in [-0.2, -0.15) is 0 Å². The Morgan fingerprint density at radius 1 is 1.28 bits per heavy atom. The van der Waals surface area contributed by atoms with Crippen molar-refractivity contribution in [3.63, 3.8) is 0 Å². The van der Waals surface area contributed by atoms with Gasteiger partial charge in [-0.05, 0) is 41.3 Å². The zero-order chi connectivity index (χ0) is 17.8. The Bertz CT molecular complexity index is 820. The number of rotatable bonds is 4. The Balaban J connectivity index is 1.70. The van der Waals surface area contributed by atoms with Crippen LogP contribution in [-0.4, -0.2) is 33.5 Å². The number of hydrogen-bond acceptors (Lipinski definition) is 4. The summed E-state index contributed by atoms with van der Waals surface area (Å²) in [6.45, 7) is 5.13. The number of carbonyl (C=O) groups is 2. The van der Waals surface area contributed by atoms with Crippen LogP contribution in [0, 0.1) is 0 Å². The van der Waals surface area contributed by atoms with Crippen LogP contribution in [0.5, 0.6) is 0 Å². The van der Waals surface area contributed by atoms with Gasteiger partial charge in [0, 0.05) is 19.6 Å². The first kappa shape index (κ1) is 17.1. The fourth-order valence-corrected chi connectivity index (χ4v) is 2.98. The van der Waals surface area contributed by atoms with Gasteiger partial charge in [0.05, 0.1) is 0 Å². The van der Waals surface area contributed by atoms with Crippen LogP contribution in [0.4, 0.5) is 0 Å². The Kier molecular flexibility index (Phi) is 5.09. The van der Waals surface area contributed by atoms with Gasteiger partial charge in [0.1, 0.15) is 0 Å². The number of nitrogens with one attached hydrogen (secondary N) is 1. The summed E-state index contributed by atoms with van der Waals surface area (Å²) in [4.78, 5) is 25.7. The fraction of sp³-hybridized carbons (Fsp3) is 0.222. The number of nitrogens with zero attached hydrogens (tertiary/aromatic N) is 3. The van der Waals surface area contributed by atoms with Crippen LogP contribution >= 0.6 is 11.6 Å². The predicted molar refractivity (Wildman–Crippen MR) is 94.0 cm³/mol. The lowest BCUT2D eigenvalue weighted by Crippen LogP contribution is -2.35. The molecule has 1 aliphatic rings. The molecule has 1 aliphatic heterocycles. The molecule has 6 nitrogen and oxygen atoms in total. The van der Waals surface area contributed by atoms with Gasteiger partial charge in [-0.15, -0.1) is 10.2 Å². The van der Waals surface area contributed by atoms with Crippen LogP contribution in [0.2, 0.25) is 5.15 Å². The molecular weight excluding hydrogens is 340 g/mol. The van der Waals surface area contributed by atoms with Crippen molar-refractivity contribution >= 4 is 23.4 Å². The summed E-state index contributed by atoms with van der Waals surface area (Å²) in [6.07, 6.45) is 2.09. The average molecular weight is 357 g/mol. The Labute approximate surface area is 150 Å². The monoisotopic (exact) mass is 356 g/mol. The van der Waals surface area contributed by atoms with Crippen molar-refractivity contribution in [2.75, 3.05) is 6.54 Å². The van der Waals surface area contributed by atoms with Crippen molar-refractivity contribution in [2.45, 2.75) is 19.5 Å². The molecule has 0 radical (unpaired) electrons. The molecule has 0 atom stereocenters. The summed E-state index contributed by atoms with van der Waals surface area (Å²) < 4.78 is 0. The number of fused-ring (bicyclic) bond motifs is 1. The number of carbonyl (C=O) groups excluding carboxylic acids is 2. The number of aromatic nitrogens is 2. The van der Waals surface area contributed by atoms with E-state index < -0.39 is 0 Å². The van der Waals surface area contributed by atoms with E-state index >= 15 is 0 Å². The van der Waals surface area contributed by atoms with Crippen molar-refractivity contribution in [1.29, 1.82) is 0 Å². The van der Waals surface area contributed by atoms with E-state index in [0.29, 0.717) is 19.6 Å². The molecule has 25 heavy (non-hydrogen) atoms.